The lowest BCUT2D eigenvalue weighted by Crippen LogP contribution is -2.50. The predicted octanol–water partition coefficient (Wildman–Crippen LogP) is 9.44. The number of rotatable bonds is 4. The van der Waals surface area contributed by atoms with Crippen molar-refractivity contribution in [3.05, 3.63) is 170 Å². The molecule has 7 nitrogen and oxygen atoms in total. The Morgan fingerprint density at radius 2 is 0.725 bits per heavy atom. The number of benzene rings is 7. The third-order valence-electron chi connectivity index (χ3n) is 10.0. The van der Waals surface area contributed by atoms with Gasteiger partial charge in [0.1, 0.15) is 16.1 Å². The van der Waals surface area contributed by atoms with E-state index in [1.54, 1.807) is 4.91 Å². The molecular weight excluding hydrogens is 627 g/mol. The maximum atomic E-state index is 5.34. The minimum Gasteiger partial charge on any atom is -0.308 e. The molecule has 0 aliphatic rings. The van der Waals surface area contributed by atoms with Crippen LogP contribution in [0.5, 0.6) is 0 Å². The summed E-state index contributed by atoms with van der Waals surface area (Å²) in [6.45, 7) is 0. The predicted molar refractivity (Wildman–Crippen MR) is 204 cm³/mol. The molecular formula is C44H28N7+. The molecule has 0 unspecified atom stereocenters. The lowest BCUT2D eigenvalue weighted by molar-refractivity contribution is -0.828. The lowest BCUT2D eigenvalue weighted by Gasteiger charge is -2.12. The average molecular weight is 655 g/mol. The van der Waals surface area contributed by atoms with Gasteiger partial charge in [-0.15, -0.1) is 0 Å². The van der Waals surface area contributed by atoms with Crippen molar-refractivity contribution in [1.82, 2.24) is 29.0 Å². The zero-order chi connectivity index (χ0) is 33.5. The molecule has 0 radical (unpaired) electrons. The second kappa shape index (κ2) is 10.7. The molecule has 0 aliphatic heterocycles. The summed E-state index contributed by atoms with van der Waals surface area (Å²) in [5.74, 6) is 1.08. The molecule has 51 heavy (non-hydrogen) atoms. The molecule has 0 aliphatic carbocycles. The Bertz CT molecular complexity index is 2870. The SMILES string of the molecule is c1ccc(-n2c3ccccc3c3ccccc32)c(-c2nc(-n3c4ccccc4c4ccccc43)n[n+](-n3c4ccccc4c4ccccc43)n2)c1. The summed E-state index contributed by atoms with van der Waals surface area (Å²) in [6.07, 6.45) is 0. The summed E-state index contributed by atoms with van der Waals surface area (Å²) < 4.78 is 6.58. The molecule has 7 aromatic carbocycles. The highest BCUT2D eigenvalue weighted by Gasteiger charge is 2.27. The number of para-hydroxylation sites is 7. The van der Waals surface area contributed by atoms with Gasteiger partial charge in [0.15, 0.2) is 4.91 Å². The van der Waals surface area contributed by atoms with Crippen LogP contribution in [0.25, 0.3) is 88.4 Å². The Labute approximate surface area is 291 Å². The first-order valence-electron chi connectivity index (χ1n) is 17.1. The zero-order valence-electron chi connectivity index (χ0n) is 27.3. The quantitative estimate of drug-likeness (QED) is 0.178. The maximum Gasteiger partial charge on any atom is 0.308 e. The third kappa shape index (κ3) is 4.00. The highest BCUT2D eigenvalue weighted by molar-refractivity contribution is 6.11. The van der Waals surface area contributed by atoms with Gasteiger partial charge in [0.25, 0.3) is 0 Å². The smallest absolute Gasteiger partial charge is 0.308 e. The van der Waals surface area contributed by atoms with Crippen molar-refractivity contribution in [2.75, 3.05) is 0 Å². The Kier molecular flexibility index (Phi) is 5.83. The fourth-order valence-corrected chi connectivity index (χ4v) is 7.90. The minimum atomic E-state index is 0.524. The van der Waals surface area contributed by atoms with E-state index in [-0.39, 0.29) is 0 Å². The number of hydrogen-bond donors (Lipinski definition) is 0. The summed E-state index contributed by atoms with van der Waals surface area (Å²) >= 11 is 0. The van der Waals surface area contributed by atoms with Crippen LogP contribution in [0.3, 0.4) is 0 Å². The van der Waals surface area contributed by atoms with Crippen molar-refractivity contribution < 1.29 is 4.91 Å². The van der Waals surface area contributed by atoms with Gasteiger partial charge in [0.05, 0.1) is 32.9 Å². The van der Waals surface area contributed by atoms with Gasteiger partial charge in [-0.3, -0.25) is 4.57 Å². The van der Waals surface area contributed by atoms with Crippen molar-refractivity contribution in [3.63, 3.8) is 0 Å². The summed E-state index contributed by atoms with van der Waals surface area (Å²) in [6, 6.07) is 59.3. The van der Waals surface area contributed by atoms with Crippen molar-refractivity contribution in [1.29, 1.82) is 0 Å². The monoisotopic (exact) mass is 654 g/mol. The van der Waals surface area contributed by atoms with E-state index in [9.17, 15) is 0 Å². The van der Waals surface area contributed by atoms with Crippen molar-refractivity contribution in [2.45, 2.75) is 0 Å². The molecule has 0 N–H and O–H groups in total. The van der Waals surface area contributed by atoms with Gasteiger partial charge in [-0.2, -0.15) is 4.98 Å². The highest BCUT2D eigenvalue weighted by Crippen LogP contribution is 2.36. The van der Waals surface area contributed by atoms with Gasteiger partial charge in [0.2, 0.25) is 5.82 Å². The van der Waals surface area contributed by atoms with Crippen LogP contribution in [0, 0.1) is 0 Å². The van der Waals surface area contributed by atoms with Crippen LogP contribution in [0.2, 0.25) is 0 Å². The first kappa shape index (κ1) is 27.8. The molecule has 0 atom stereocenters. The Balaban J connectivity index is 1.27. The molecule has 0 spiro atoms. The van der Waals surface area contributed by atoms with Crippen molar-refractivity contribution in [2.24, 2.45) is 0 Å². The van der Waals surface area contributed by atoms with Crippen LogP contribution in [0.15, 0.2) is 170 Å². The van der Waals surface area contributed by atoms with Gasteiger partial charge >= 0.3 is 5.95 Å². The van der Waals surface area contributed by atoms with E-state index in [0.717, 1.165) is 65.9 Å². The van der Waals surface area contributed by atoms with E-state index in [2.05, 4.69) is 184 Å². The summed E-state index contributed by atoms with van der Waals surface area (Å²) in [7, 11) is 0. The number of hydrogen-bond acceptors (Lipinski definition) is 3. The van der Waals surface area contributed by atoms with Crippen LogP contribution in [0.4, 0.5) is 0 Å². The minimum absolute atomic E-state index is 0.524. The van der Waals surface area contributed by atoms with Crippen LogP contribution in [0.1, 0.15) is 0 Å². The van der Waals surface area contributed by atoms with Crippen molar-refractivity contribution >= 4 is 65.4 Å². The molecule has 0 fully saturated rings. The summed E-state index contributed by atoms with van der Waals surface area (Å²) in [5.41, 5.74) is 8.19. The zero-order valence-corrected chi connectivity index (χ0v) is 27.3. The second-order valence-electron chi connectivity index (χ2n) is 12.8. The Morgan fingerprint density at radius 1 is 0.353 bits per heavy atom. The third-order valence-corrected chi connectivity index (χ3v) is 10.0. The first-order valence-corrected chi connectivity index (χ1v) is 17.1. The van der Waals surface area contributed by atoms with Crippen molar-refractivity contribution in [3.8, 4) is 23.0 Å². The first-order chi connectivity index (χ1) is 25.3. The molecule has 7 heteroatoms. The van der Waals surface area contributed by atoms with E-state index in [4.69, 9.17) is 15.2 Å². The van der Waals surface area contributed by atoms with E-state index in [0.29, 0.717) is 11.8 Å². The standard InChI is InChI=1S/C44H28N7/c1-8-22-36-29(15-1)30-16-2-9-23-37(30)48(36)40-26-12-7-21-35(40)43-45-44(49-38-24-10-3-17-31(38)32-18-4-11-25-39(32)49)47-51(46-43)50-41-27-13-5-19-33(41)34-20-6-14-28-42(34)50/h1-28H/q+1. The maximum absolute atomic E-state index is 5.34. The van der Waals surface area contributed by atoms with E-state index >= 15 is 0 Å². The molecule has 11 aromatic rings. The van der Waals surface area contributed by atoms with Crippen LogP contribution >= 0.6 is 0 Å². The Hall–Kier alpha value is -7.12. The van der Waals surface area contributed by atoms with Gasteiger partial charge < -0.3 is 4.57 Å². The second-order valence-corrected chi connectivity index (χ2v) is 12.8. The molecule has 0 bridgehead atoms. The van der Waals surface area contributed by atoms with Crippen LogP contribution in [-0.2, 0) is 0 Å². The van der Waals surface area contributed by atoms with E-state index in [1.807, 2.05) is 0 Å². The van der Waals surface area contributed by atoms with Gasteiger partial charge in [-0.25, -0.2) is 0 Å². The molecule has 0 saturated heterocycles. The topological polar surface area (TPSA) is 57.3 Å². The molecule has 4 aromatic heterocycles. The molecule has 0 amide bonds. The van der Waals surface area contributed by atoms with Gasteiger partial charge in [-0.1, -0.05) is 126 Å². The molecule has 4 heterocycles. The molecule has 0 saturated carbocycles. The average Bonchev–Trinajstić information content (AvgIpc) is 3.84. The van der Waals surface area contributed by atoms with Crippen LogP contribution < -0.4 is 4.91 Å². The largest absolute Gasteiger partial charge is 0.308 e. The number of nitrogens with zero attached hydrogens (tertiary/aromatic N) is 7. The van der Waals surface area contributed by atoms with Gasteiger partial charge in [0, 0.05) is 37.9 Å². The van der Waals surface area contributed by atoms with E-state index in [1.165, 1.54) is 10.8 Å². The number of fused-ring (bicyclic) bond motifs is 9. The van der Waals surface area contributed by atoms with Crippen LogP contribution in [-0.4, -0.2) is 29.0 Å². The number of aromatic nitrogens is 7. The van der Waals surface area contributed by atoms with E-state index < -0.39 is 0 Å². The summed E-state index contributed by atoms with van der Waals surface area (Å²) in [4.78, 5) is 7.07. The normalized spacial score (nSPS) is 11.9. The molecule has 11 rings (SSSR count). The molecule has 238 valence electrons. The van der Waals surface area contributed by atoms with Gasteiger partial charge in [-0.05, 0) is 48.5 Å². The lowest BCUT2D eigenvalue weighted by atomic mass is 10.1. The highest BCUT2D eigenvalue weighted by atomic mass is 15.7. The Morgan fingerprint density at radius 3 is 1.22 bits per heavy atom. The fourth-order valence-electron chi connectivity index (χ4n) is 7.90. The fraction of sp³-hybridized carbons (Fsp3) is 0. The summed E-state index contributed by atoms with van der Waals surface area (Å²) in [5, 5.41) is 17.5.